The molecule has 20 nitrogen and oxygen atoms in total. The van der Waals surface area contributed by atoms with Crippen LogP contribution in [0.15, 0.2) is 170 Å². The topological polar surface area (TPSA) is 232 Å². The maximum Gasteiger partial charge on any atom is 0.416 e. The van der Waals surface area contributed by atoms with E-state index in [1.807, 2.05) is 126 Å². The number of carbonyl (C=O) groups excluding carboxylic acids is 6. The average Bonchev–Trinajstić information content (AvgIpc) is 1.55. The van der Waals surface area contributed by atoms with Crippen molar-refractivity contribution in [2.24, 2.45) is 53.3 Å². The highest BCUT2D eigenvalue weighted by Gasteiger charge is 2.67. The first-order chi connectivity index (χ1) is 53.6. The molecule has 9 aliphatic heterocycles. The van der Waals surface area contributed by atoms with Crippen LogP contribution < -0.4 is 19.4 Å². The number of alkyl halides is 3. The molecule has 7 aromatic rings. The number of halogens is 4. The number of hydrogen-bond donors (Lipinski definition) is 3. The molecule has 18 atom stereocenters. The predicted octanol–water partition coefficient (Wildman–Crippen LogP) is 12.1. The van der Waals surface area contributed by atoms with Gasteiger partial charge in [-0.2, -0.15) is 17.6 Å². The fourth-order valence-electron chi connectivity index (χ4n) is 22.9. The molecule has 19 rings (SSSR count). The summed E-state index contributed by atoms with van der Waals surface area (Å²) in [5, 5.41) is 32.2. The van der Waals surface area contributed by atoms with Crippen molar-refractivity contribution >= 4 is 69.8 Å². The normalized spacial score (nSPS) is 32.9. The number of amides is 3. The van der Waals surface area contributed by atoms with Crippen molar-refractivity contribution in [2.75, 3.05) is 75.3 Å². The summed E-state index contributed by atoms with van der Waals surface area (Å²) in [7, 11) is 4.11. The number of anilines is 6. The van der Waals surface area contributed by atoms with E-state index in [1.165, 1.54) is 45.7 Å². The summed E-state index contributed by atoms with van der Waals surface area (Å²) in [6, 6.07) is 48.1. The average molecular weight is 1520 g/mol. The molecule has 0 radical (unpaired) electrons. The lowest BCUT2D eigenvalue weighted by molar-refractivity contribution is -0.161. The third-order valence-electron chi connectivity index (χ3n) is 27.8. The molecule has 3 amide bonds. The standard InChI is InChI=1S/C33H34N2O5.C28H29F3N2O4.C26H28FN3O4/c1-39-31(37)30-25-19-29-33(17-18-34(29)20-21(25)11-16-28(30)36)26-9-5-6-10-27(26)35(32(33)38)22-12-14-24(15-13-22)40-23-7-3-2-4-8-23;1-37-25(35)24-19-14-23-27(12-13-32(23)15-16(19)6-11-22(24)34)20-4-2-3-5-21(20)33(26(27)36)18-9-7-17(8-10-18)28(29,30)31;1-34-24(32)23-17-12-21-26(10-11-29(21)14-15(17)6-8-20(23)31)18-4-2-3-5-19(18)30(25(26)33)16-7-9-22(27)28-13-16/h2-10,12-15,21,25,28-30,36H,11,16-20H2,1H3;2-5,7-10,16,19,22-24,34H,6,11-15H2,1H3;2-5,7,9,13,15,17,20-21,23,31H,6,8,10-12,14H2,1H3/t21-,25-,28-,29-,30+,33-;16-,19-,22-,23-,24+,27-;15-,17-,20-,21-,23+,26-/m000/s1. The largest absolute Gasteiger partial charge is 0.469 e. The van der Waals surface area contributed by atoms with Gasteiger partial charge < -0.3 is 34.3 Å². The predicted molar refractivity (Wildman–Crippen MR) is 401 cm³/mol. The second kappa shape index (κ2) is 29.0. The van der Waals surface area contributed by atoms with Crippen LogP contribution in [0.25, 0.3) is 0 Å². The Morgan fingerprint density at radius 2 is 0.766 bits per heavy atom. The lowest BCUT2D eigenvalue weighted by atomic mass is 9.62. The fourth-order valence-corrected chi connectivity index (χ4v) is 22.9. The quantitative estimate of drug-likeness (QED) is 0.0555. The summed E-state index contributed by atoms with van der Waals surface area (Å²) in [6.07, 6.45) is 3.03. The zero-order chi connectivity index (χ0) is 77.2. The van der Waals surface area contributed by atoms with Crippen molar-refractivity contribution in [3.05, 3.63) is 198 Å². The molecule has 12 aliphatic rings. The van der Waals surface area contributed by atoms with Gasteiger partial charge in [-0.05, 0) is 240 Å². The number of hydrogen-bond acceptors (Lipinski definition) is 17. The molecule has 0 bridgehead atoms. The Morgan fingerprint density at radius 3 is 1.12 bits per heavy atom. The fraction of sp³-hybridized carbons (Fsp3) is 0.460. The minimum absolute atomic E-state index is 0.00384. The molecule has 3 saturated carbocycles. The molecule has 111 heavy (non-hydrogen) atoms. The van der Waals surface area contributed by atoms with Gasteiger partial charge >= 0.3 is 24.1 Å². The summed E-state index contributed by atoms with van der Waals surface area (Å²) in [5.74, 6) is -1.34. The Kier molecular flexibility index (Phi) is 19.4. The molecule has 6 aromatic carbocycles. The van der Waals surface area contributed by atoms with E-state index in [-0.39, 0.29) is 71.5 Å². The number of fused-ring (bicyclic) bond motifs is 15. The van der Waals surface area contributed by atoms with E-state index in [2.05, 4.69) is 25.8 Å². The molecular formula is C87H91F4N7O13. The monoisotopic (exact) mass is 1520 g/mol. The van der Waals surface area contributed by atoms with E-state index < -0.39 is 76.0 Å². The number of esters is 3. The Bertz CT molecular complexity index is 4730. The van der Waals surface area contributed by atoms with Gasteiger partial charge in [0.05, 0.1) is 108 Å². The van der Waals surface area contributed by atoms with Gasteiger partial charge in [0.2, 0.25) is 23.7 Å². The highest BCUT2D eigenvalue weighted by molar-refractivity contribution is 6.16. The molecule has 1 aromatic heterocycles. The highest BCUT2D eigenvalue weighted by atomic mass is 19.4. The third-order valence-corrected chi connectivity index (χ3v) is 27.8. The number of aliphatic hydroxyl groups excluding tert-OH is 3. The minimum Gasteiger partial charge on any atom is -0.469 e. The van der Waals surface area contributed by atoms with Gasteiger partial charge in [-0.1, -0.05) is 72.8 Å². The molecule has 9 fully saturated rings. The lowest BCUT2D eigenvalue weighted by Gasteiger charge is -2.50. The van der Waals surface area contributed by atoms with Gasteiger partial charge in [0.25, 0.3) is 0 Å². The number of para-hydroxylation sites is 4. The molecule has 580 valence electrons. The Labute approximate surface area is 641 Å². The van der Waals surface area contributed by atoms with Gasteiger partial charge in [-0.15, -0.1) is 0 Å². The summed E-state index contributed by atoms with van der Waals surface area (Å²) < 4.78 is 74.3. The van der Waals surface area contributed by atoms with Crippen molar-refractivity contribution in [3.8, 4) is 11.5 Å². The number of aliphatic hydroxyl groups is 3. The Morgan fingerprint density at radius 1 is 0.432 bits per heavy atom. The van der Waals surface area contributed by atoms with E-state index in [0.29, 0.717) is 86.0 Å². The second-order valence-electron chi connectivity index (χ2n) is 32.5. The maximum atomic E-state index is 14.6. The zero-order valence-corrected chi connectivity index (χ0v) is 62.1. The van der Waals surface area contributed by atoms with Crippen molar-refractivity contribution in [1.82, 2.24) is 19.7 Å². The first-order valence-corrected chi connectivity index (χ1v) is 39.1. The van der Waals surface area contributed by atoms with Crippen molar-refractivity contribution in [1.29, 1.82) is 0 Å². The zero-order valence-electron chi connectivity index (χ0n) is 62.1. The van der Waals surface area contributed by atoms with E-state index in [9.17, 15) is 61.6 Å². The summed E-state index contributed by atoms with van der Waals surface area (Å²) in [5.41, 5.74) is 3.99. The van der Waals surface area contributed by atoms with Crippen molar-refractivity contribution in [2.45, 2.75) is 136 Å². The lowest BCUT2D eigenvalue weighted by Crippen LogP contribution is -2.58. The van der Waals surface area contributed by atoms with Crippen LogP contribution in [0, 0.1) is 59.2 Å². The van der Waals surface area contributed by atoms with Crippen LogP contribution in [0.4, 0.5) is 51.7 Å². The van der Waals surface area contributed by atoms with Gasteiger partial charge in [-0.3, -0.25) is 58.2 Å². The number of methoxy groups -OCH3 is 3. The summed E-state index contributed by atoms with van der Waals surface area (Å²) in [6.45, 7) is 4.77. The maximum absolute atomic E-state index is 14.6. The van der Waals surface area contributed by atoms with Gasteiger partial charge in [0.15, 0.2) is 0 Å². The van der Waals surface area contributed by atoms with Crippen molar-refractivity contribution in [3.63, 3.8) is 0 Å². The molecule has 6 saturated heterocycles. The van der Waals surface area contributed by atoms with E-state index in [0.717, 1.165) is 117 Å². The van der Waals surface area contributed by atoms with Crippen molar-refractivity contribution < 1.29 is 80.6 Å². The Hall–Kier alpha value is -9.43. The summed E-state index contributed by atoms with van der Waals surface area (Å²) in [4.78, 5) is 97.5. The number of rotatable bonds is 8. The SMILES string of the molecule is COC(=O)[C@@H]1[C@H]2C[C@@H]3N(CC[C@@]34C(=O)N(c3ccc(C(F)(F)F)cc3)c3ccccc34)C[C@@H]2CC[C@@H]1O.COC(=O)[C@@H]1[C@H]2C[C@@H]3N(CC[C@@]34C(=O)N(c3ccc(F)nc3)c3ccccc34)C[C@@H]2CC[C@@H]1O.COC(=O)[C@@H]1[C@H]2C[C@@H]3N(CC[C@@]34C(=O)N(c3ccc(Oc5ccccc5)cc3)c3ccccc34)C[C@@H]2CC[C@@H]1O. The molecule has 0 unspecified atom stereocenters. The molecule has 24 heteroatoms. The number of pyridine rings is 1. The number of benzene rings is 6. The second-order valence-corrected chi connectivity index (χ2v) is 32.5. The molecule has 3 aliphatic carbocycles. The number of carbonyl (C=O) groups is 6. The number of ether oxygens (including phenoxy) is 4. The van der Waals surface area contributed by atoms with Crippen LogP contribution in [0.3, 0.4) is 0 Å². The van der Waals surface area contributed by atoms with Crippen LogP contribution in [-0.4, -0.2) is 168 Å². The minimum atomic E-state index is -4.46. The summed E-state index contributed by atoms with van der Waals surface area (Å²) >= 11 is 0. The number of nitrogens with zero attached hydrogens (tertiary/aromatic N) is 7. The van der Waals surface area contributed by atoms with Crippen LogP contribution in [0.2, 0.25) is 0 Å². The van der Waals surface area contributed by atoms with E-state index >= 15 is 0 Å². The van der Waals surface area contributed by atoms with Gasteiger partial charge in [0, 0.05) is 49.1 Å². The van der Waals surface area contributed by atoms with E-state index in [4.69, 9.17) is 18.9 Å². The highest BCUT2D eigenvalue weighted by Crippen LogP contribution is 2.62. The molecular weight excluding hydrogens is 1430 g/mol. The van der Waals surface area contributed by atoms with Crippen LogP contribution in [0.1, 0.15) is 99.3 Å². The van der Waals surface area contributed by atoms with Crippen LogP contribution in [0.5, 0.6) is 11.5 Å². The number of piperidine rings is 3. The van der Waals surface area contributed by atoms with E-state index in [1.54, 1.807) is 15.9 Å². The van der Waals surface area contributed by atoms with Gasteiger partial charge in [0.1, 0.15) is 11.5 Å². The first kappa shape index (κ1) is 74.3. The molecule has 10 heterocycles. The third kappa shape index (κ3) is 12.1. The number of aromatic nitrogens is 1. The van der Waals surface area contributed by atoms with Crippen LogP contribution >= 0.6 is 0 Å². The van der Waals surface area contributed by atoms with Gasteiger partial charge in [-0.25, -0.2) is 4.98 Å². The van der Waals surface area contributed by atoms with Crippen LogP contribution in [-0.2, 0) is 65.4 Å². The Balaban J connectivity index is 0.000000121. The molecule has 3 N–H and O–H groups in total. The smallest absolute Gasteiger partial charge is 0.416 e. The first-order valence-electron chi connectivity index (χ1n) is 39.1. The molecule has 3 spiro atoms.